The molecule has 0 saturated heterocycles. The van der Waals surface area contributed by atoms with Crippen LogP contribution in [-0.2, 0) is 54.9 Å². The van der Waals surface area contributed by atoms with Crippen LogP contribution in [-0.4, -0.2) is 38.2 Å². The van der Waals surface area contributed by atoms with Crippen LogP contribution in [0.2, 0.25) is 40.2 Å². The van der Waals surface area contributed by atoms with Crippen molar-refractivity contribution in [2.45, 2.75) is 185 Å². The molecule has 145 heavy (non-hydrogen) atoms. The molecule has 0 bridgehead atoms. The molecule has 4 atom stereocenters. The molecule has 0 saturated carbocycles. The molecule has 4 aromatic heterocycles. The highest BCUT2D eigenvalue weighted by molar-refractivity contribution is 7.99. The number of nitrogens with zero attached hydrogens (tertiary/aromatic N) is 8. The number of fused-ring (bicyclic) bond motifs is 4. The molecule has 16 aromatic rings. The van der Waals surface area contributed by atoms with Gasteiger partial charge in [0.2, 0.25) is 0 Å². The van der Waals surface area contributed by atoms with Gasteiger partial charge < -0.3 is 0 Å². The van der Waals surface area contributed by atoms with Crippen LogP contribution in [0.4, 0.5) is 65.9 Å². The number of thioether (sulfide) groups is 4. The molecule has 8 nitrogen and oxygen atoms in total. The van der Waals surface area contributed by atoms with Crippen molar-refractivity contribution in [2.75, 3.05) is 0 Å². The lowest BCUT2D eigenvalue weighted by atomic mass is 9.83. The Hall–Kier alpha value is -9.85. The normalized spacial score (nSPS) is 15.3. The topological polar surface area (TPSA) is 71.3 Å². The quantitative estimate of drug-likeness (QED) is 0.0425. The first-order chi connectivity index (χ1) is 69.4. The highest BCUT2D eigenvalue weighted by atomic mass is 35.5. The third-order valence-electron chi connectivity index (χ3n) is 26.1. The van der Waals surface area contributed by atoms with Crippen molar-refractivity contribution in [3.8, 4) is 22.7 Å². The van der Waals surface area contributed by atoms with Gasteiger partial charge in [-0.05, 0) is 283 Å². The number of halogens is 23. The average molecular weight is 2220 g/mol. The Labute approximate surface area is 884 Å². The maximum atomic E-state index is 15.1. The molecule has 0 N–H and O–H groups in total. The van der Waals surface area contributed by atoms with Crippen LogP contribution in [0.3, 0.4) is 0 Å². The van der Waals surface area contributed by atoms with Crippen molar-refractivity contribution in [1.82, 2.24) is 38.2 Å². The molecule has 4 aliphatic carbocycles. The number of imidazole rings is 4. The number of benzene rings is 12. The molecular weight excluding hydrogens is 2130 g/mol. The predicted molar refractivity (Wildman–Crippen MR) is 551 cm³/mol. The van der Waals surface area contributed by atoms with E-state index >= 15 is 4.39 Å². The van der Waals surface area contributed by atoms with Crippen LogP contribution in [0.15, 0.2) is 227 Å². The van der Waals surface area contributed by atoms with Gasteiger partial charge in [0, 0.05) is 133 Å². The van der Waals surface area contributed by atoms with E-state index in [-0.39, 0.29) is 95.8 Å². The second kappa shape index (κ2) is 45.7. The first-order valence-electron chi connectivity index (χ1n) is 46.0. The van der Waals surface area contributed by atoms with Crippen molar-refractivity contribution in [3.63, 3.8) is 0 Å². The van der Waals surface area contributed by atoms with Crippen molar-refractivity contribution in [1.29, 1.82) is 0 Å². The van der Waals surface area contributed by atoms with E-state index in [4.69, 9.17) is 113 Å². The zero-order valence-corrected chi connectivity index (χ0v) is 87.0. The van der Waals surface area contributed by atoms with Crippen LogP contribution in [0.5, 0.6) is 0 Å². The monoisotopic (exact) mass is 2210 g/mol. The predicted octanol–water partition coefficient (Wildman–Crippen LogP) is 36.0. The average Bonchev–Trinajstić information content (AvgIpc) is 1.61. The molecule has 0 spiro atoms. The molecule has 750 valence electrons. The fourth-order valence-corrected chi connectivity index (χ4v) is 24.9. The minimum atomic E-state index is -4.87. The zero-order chi connectivity index (χ0) is 103. The third kappa shape index (κ3) is 23.0. The van der Waals surface area contributed by atoms with Gasteiger partial charge in [-0.2, -0.15) is 13.2 Å². The van der Waals surface area contributed by atoms with Crippen LogP contribution in [0.25, 0.3) is 22.7 Å². The molecule has 4 unspecified atom stereocenters. The molecule has 4 heterocycles. The van der Waals surface area contributed by atoms with Crippen molar-refractivity contribution in [2.24, 2.45) is 0 Å². The van der Waals surface area contributed by atoms with Gasteiger partial charge in [0.15, 0.2) is 55.5 Å². The second-order valence-electron chi connectivity index (χ2n) is 35.5. The molecule has 12 aromatic carbocycles. The fourth-order valence-electron chi connectivity index (χ4n) is 18.9. The van der Waals surface area contributed by atoms with Gasteiger partial charge in [0.25, 0.3) is 0 Å². The Kier molecular flexibility index (Phi) is 33.5. The smallest absolute Gasteiger partial charge is 0.291 e. The number of aryl methyl sites for hydroxylation is 9. The number of alkyl halides is 3. The van der Waals surface area contributed by atoms with Crippen molar-refractivity contribution >= 4 is 140 Å². The molecule has 35 heteroatoms. The highest BCUT2D eigenvalue weighted by Gasteiger charge is 2.40. The summed E-state index contributed by atoms with van der Waals surface area (Å²) in [5, 5.41) is 5.71. The van der Waals surface area contributed by atoms with Crippen molar-refractivity contribution < 1.29 is 65.9 Å². The molecule has 20 rings (SSSR count). The second-order valence-corrected chi connectivity index (χ2v) is 42.6. The summed E-state index contributed by atoms with van der Waals surface area (Å²) in [5.74, 6) is -11.2. The summed E-state index contributed by atoms with van der Waals surface area (Å²) in [6.07, 6.45) is 4.76. The summed E-state index contributed by atoms with van der Waals surface area (Å²) in [6.45, 7) is 9.48. The van der Waals surface area contributed by atoms with Crippen molar-refractivity contribution in [3.05, 3.63) is 440 Å². The van der Waals surface area contributed by atoms with Gasteiger partial charge in [-0.1, -0.05) is 213 Å². The maximum absolute atomic E-state index is 15.1. The Morgan fingerprint density at radius 3 is 0.883 bits per heavy atom. The molecule has 0 aliphatic heterocycles. The zero-order valence-electron chi connectivity index (χ0n) is 77.7. The van der Waals surface area contributed by atoms with E-state index in [1.165, 1.54) is 102 Å². The van der Waals surface area contributed by atoms with E-state index in [2.05, 4.69) is 16.7 Å². The Morgan fingerprint density at radius 2 is 0.572 bits per heavy atom. The largest absolute Gasteiger partial charge is 0.419 e. The minimum absolute atomic E-state index is 0.111. The summed E-state index contributed by atoms with van der Waals surface area (Å²) >= 11 is 54.9. The standard InChI is InChI=1S/C28H21Cl2F5N2S.C28H24Cl2F2N2S.2C27H20Cl2F4N2S/c1-15-12-16(8-10-21(15)29)18-4-2-7-25-26(18)37(17-9-11-24(32)20(13-17)28(33,34)35)27(36-25)38-14-19-22(30)5-3-6-23(19)31;1-16-13-18(9-11-22(16)29)20-5-3-8-26-27(20)34(19-10-12-24(31)17(2)14-19)28(33-26)35-15-21-23(30)6-4-7-25(21)32;1-14-10-15(8-9-19(14)28)17-4-2-7-24-26(17)35(16-11-22(31)25(33)23(32)12-16)27(34-24)36-13-18-20(29)5-3-6-21(18)30;1-14-12-15(8-9-18(14)28)16-4-2-7-22-26(16)35(23-11-10-21(31)24(32)25(23)33)27(34-22)36-13-17-19(29)5-3-6-20(17)30/h3,5-6,8-13,18H,2,4,7,14H2,1H3;4,6-7,9-14,20H,3,5,8,15H2,1-2H3;3,5-6,8-12,17H,2,4,7,13H2,1H3;3,5-6,8-12,16H,2,4,7,13H2,1H3. The SMILES string of the molecule is Cc1cc(-n2c(SCc3c(F)cccc3Cl)nc3c2C(c2ccc(Cl)c(C)c2)CCC3)ccc1F.Cc1cc(C2CCCc3nc(SCc4c(F)cccc4Cl)n(-c4cc(F)c(F)c(F)c4)c32)ccc1Cl.Cc1cc(C2CCCc3nc(SCc4c(F)cccc4Cl)n(-c4ccc(F)c(C(F)(F)F)c4)c32)ccc1Cl.Cc1cc(C2CCCc3nc(SCc4c(F)cccc4Cl)n(-c4ccc(F)c(F)c4F)c32)ccc1Cl. The number of hydrogen-bond acceptors (Lipinski definition) is 8. The third-order valence-corrected chi connectivity index (χ3v) is 33.1. The molecule has 0 amide bonds. The van der Waals surface area contributed by atoms with E-state index in [0.717, 1.165) is 195 Å². The van der Waals surface area contributed by atoms with E-state index < -0.39 is 69.9 Å². The Morgan fingerprint density at radius 1 is 0.276 bits per heavy atom. The number of aromatic nitrogens is 8. The summed E-state index contributed by atoms with van der Waals surface area (Å²) in [6, 6.07) is 53.3. The molecule has 4 aliphatic rings. The number of hydrogen-bond donors (Lipinski definition) is 0. The van der Waals surface area contributed by atoms with Gasteiger partial charge in [-0.15, -0.1) is 0 Å². The molecular formula is C110H85Cl8F15N8S4. The van der Waals surface area contributed by atoms with E-state index in [0.29, 0.717) is 83.0 Å². The lowest BCUT2D eigenvalue weighted by Crippen LogP contribution is -2.16. The van der Waals surface area contributed by atoms with E-state index in [1.54, 1.807) is 63.1 Å². The highest BCUT2D eigenvalue weighted by Crippen LogP contribution is 2.50. The van der Waals surface area contributed by atoms with Crippen LogP contribution in [0.1, 0.15) is 198 Å². The van der Waals surface area contributed by atoms with Gasteiger partial charge in [-0.3, -0.25) is 18.3 Å². The first kappa shape index (κ1) is 106. The van der Waals surface area contributed by atoms with Gasteiger partial charge >= 0.3 is 6.18 Å². The van der Waals surface area contributed by atoms with E-state index in [9.17, 15) is 61.5 Å². The minimum Gasteiger partial charge on any atom is -0.291 e. The van der Waals surface area contributed by atoms with Gasteiger partial charge in [-0.25, -0.2) is 72.6 Å². The Balaban J connectivity index is 0.000000132. The van der Waals surface area contributed by atoms with Gasteiger partial charge in [0.05, 0.1) is 62.5 Å². The fraction of sp³-hybridized carbons (Fsp3) is 0.236. The maximum Gasteiger partial charge on any atom is 0.419 e. The first-order valence-corrected chi connectivity index (χ1v) is 53.0. The lowest BCUT2D eigenvalue weighted by molar-refractivity contribution is -0.140. The lowest BCUT2D eigenvalue weighted by Gasteiger charge is -2.26. The van der Waals surface area contributed by atoms with E-state index in [1.807, 2.05) is 88.4 Å². The summed E-state index contributed by atoms with van der Waals surface area (Å²) in [5.41, 5.74) is 15.9. The van der Waals surface area contributed by atoms with Crippen LogP contribution in [0, 0.1) is 104 Å². The molecule has 0 radical (unpaired) electrons. The molecule has 0 fully saturated rings. The Bertz CT molecular complexity index is 7540. The van der Waals surface area contributed by atoms with Gasteiger partial charge in [0.1, 0.15) is 34.9 Å². The summed E-state index contributed by atoms with van der Waals surface area (Å²) in [7, 11) is 0. The van der Waals surface area contributed by atoms with Crippen LogP contribution < -0.4 is 0 Å². The summed E-state index contributed by atoms with van der Waals surface area (Å²) in [4.78, 5) is 19.4. The number of rotatable bonds is 20. The van der Waals surface area contributed by atoms with Crippen LogP contribution >= 0.6 is 140 Å². The summed E-state index contributed by atoms with van der Waals surface area (Å²) < 4.78 is 220.